The van der Waals surface area contributed by atoms with E-state index in [0.717, 1.165) is 44.5 Å². The Labute approximate surface area is 181 Å². The maximum absolute atomic E-state index is 11.9. The average Bonchev–Trinajstić information content (AvgIpc) is 3.50. The molecule has 4 rings (SSSR count). The molecule has 164 valence electrons. The summed E-state index contributed by atoms with van der Waals surface area (Å²) in [6, 6.07) is 9.00. The van der Waals surface area contributed by atoms with E-state index < -0.39 is 0 Å². The number of likely N-dealkylation sites (tertiary alicyclic amines) is 2. The minimum Gasteiger partial charge on any atom is -0.352 e. The molecule has 6 nitrogen and oxygen atoms in total. The molecule has 1 aliphatic carbocycles. The van der Waals surface area contributed by atoms with Gasteiger partial charge in [0.2, 0.25) is 5.91 Å². The van der Waals surface area contributed by atoms with E-state index in [9.17, 15) is 4.79 Å². The lowest BCUT2D eigenvalue weighted by Crippen LogP contribution is -2.44. The molecule has 0 radical (unpaired) electrons. The van der Waals surface area contributed by atoms with E-state index in [0.29, 0.717) is 12.5 Å². The van der Waals surface area contributed by atoms with Crippen LogP contribution < -0.4 is 10.6 Å². The summed E-state index contributed by atoms with van der Waals surface area (Å²) in [5.41, 5.74) is 2.42. The molecule has 3 aliphatic rings. The van der Waals surface area contributed by atoms with Gasteiger partial charge < -0.3 is 20.4 Å². The van der Waals surface area contributed by atoms with Gasteiger partial charge in [0.25, 0.3) is 0 Å². The van der Waals surface area contributed by atoms with E-state index >= 15 is 0 Å². The van der Waals surface area contributed by atoms with E-state index in [1.807, 2.05) is 11.9 Å². The summed E-state index contributed by atoms with van der Waals surface area (Å²) >= 11 is 0. The second-order valence-electron chi connectivity index (χ2n) is 9.20. The highest BCUT2D eigenvalue weighted by molar-refractivity contribution is 5.80. The van der Waals surface area contributed by atoms with E-state index in [4.69, 9.17) is 0 Å². The van der Waals surface area contributed by atoms with Crippen LogP contribution in [0.1, 0.15) is 56.1 Å². The molecule has 6 heteroatoms. The fourth-order valence-corrected chi connectivity index (χ4v) is 5.18. The first-order valence-corrected chi connectivity index (χ1v) is 11.7. The van der Waals surface area contributed by atoms with Crippen molar-refractivity contribution in [3.63, 3.8) is 0 Å². The number of hydrogen-bond acceptors (Lipinski definition) is 3. The zero-order valence-corrected chi connectivity index (χ0v) is 18.4. The van der Waals surface area contributed by atoms with Gasteiger partial charge in [-0.15, -0.1) is 0 Å². The summed E-state index contributed by atoms with van der Waals surface area (Å²) in [5.74, 6) is 2.08. The van der Waals surface area contributed by atoms with Crippen LogP contribution in [-0.4, -0.2) is 60.9 Å². The number of benzene rings is 1. The van der Waals surface area contributed by atoms with Gasteiger partial charge in [-0.2, -0.15) is 0 Å². The molecule has 2 heterocycles. The zero-order chi connectivity index (χ0) is 20.8. The summed E-state index contributed by atoms with van der Waals surface area (Å²) in [5, 5.41) is 7.08. The van der Waals surface area contributed by atoms with Crippen molar-refractivity contribution >= 4 is 11.9 Å². The fourth-order valence-electron chi connectivity index (χ4n) is 5.18. The highest BCUT2D eigenvalue weighted by Crippen LogP contribution is 2.26. The molecule has 1 atom stereocenters. The van der Waals surface area contributed by atoms with Crippen molar-refractivity contribution < 1.29 is 4.79 Å². The molecule has 1 aromatic carbocycles. The topological polar surface area (TPSA) is 60.0 Å². The Balaban J connectivity index is 1.22. The molecule has 0 spiro atoms. The maximum Gasteiger partial charge on any atom is 0.222 e. The normalized spacial score (nSPS) is 23.5. The number of guanidine groups is 1. The number of hydrogen-bond donors (Lipinski definition) is 2. The lowest BCUT2D eigenvalue weighted by molar-refractivity contribution is -0.128. The van der Waals surface area contributed by atoms with Gasteiger partial charge in [0.15, 0.2) is 5.96 Å². The van der Waals surface area contributed by atoms with Crippen molar-refractivity contribution in [2.45, 2.75) is 64.1 Å². The monoisotopic (exact) mass is 411 g/mol. The number of carbonyl (C=O) groups is 1. The molecule has 1 saturated carbocycles. The molecule has 1 aromatic rings. The third-order valence-corrected chi connectivity index (χ3v) is 6.82. The third kappa shape index (κ3) is 5.75. The molecule has 1 unspecified atom stereocenters. The van der Waals surface area contributed by atoms with Crippen LogP contribution in [-0.2, 0) is 17.9 Å². The maximum atomic E-state index is 11.9. The average molecular weight is 412 g/mol. The van der Waals surface area contributed by atoms with E-state index in [2.05, 4.69) is 44.8 Å². The first-order chi connectivity index (χ1) is 14.7. The minimum atomic E-state index is 0.279. The number of nitrogens with zero attached hydrogens (tertiary/aromatic N) is 3. The molecule has 2 aliphatic heterocycles. The van der Waals surface area contributed by atoms with Crippen LogP contribution in [0.25, 0.3) is 0 Å². The van der Waals surface area contributed by atoms with Crippen LogP contribution in [0.2, 0.25) is 0 Å². The van der Waals surface area contributed by atoms with Gasteiger partial charge in [-0.05, 0) is 42.7 Å². The third-order valence-electron chi connectivity index (χ3n) is 6.82. The molecule has 2 N–H and O–H groups in total. The van der Waals surface area contributed by atoms with Crippen molar-refractivity contribution in [2.75, 3.05) is 33.2 Å². The molecule has 3 fully saturated rings. The molecular formula is C24H37N5O. The minimum absolute atomic E-state index is 0.279. The predicted octanol–water partition coefficient (Wildman–Crippen LogP) is 2.74. The number of nitrogens with one attached hydrogen (secondary N) is 2. The Morgan fingerprint density at radius 2 is 1.97 bits per heavy atom. The van der Waals surface area contributed by atoms with Gasteiger partial charge in [-0.25, -0.2) is 0 Å². The van der Waals surface area contributed by atoms with Crippen LogP contribution >= 0.6 is 0 Å². The quantitative estimate of drug-likeness (QED) is 0.535. The molecule has 30 heavy (non-hydrogen) atoms. The first-order valence-electron chi connectivity index (χ1n) is 11.7. The Kier molecular flexibility index (Phi) is 7.26. The van der Waals surface area contributed by atoms with Crippen LogP contribution in [0, 0.1) is 5.92 Å². The van der Waals surface area contributed by atoms with Gasteiger partial charge in [0.05, 0.1) is 0 Å². The summed E-state index contributed by atoms with van der Waals surface area (Å²) in [6.07, 6.45) is 8.56. The lowest BCUT2D eigenvalue weighted by Gasteiger charge is -2.21. The van der Waals surface area contributed by atoms with Crippen molar-refractivity contribution in [3.05, 3.63) is 35.4 Å². The second kappa shape index (κ2) is 10.3. The highest BCUT2D eigenvalue weighted by Gasteiger charge is 2.26. The number of rotatable bonds is 7. The summed E-state index contributed by atoms with van der Waals surface area (Å²) in [4.78, 5) is 20.9. The van der Waals surface area contributed by atoms with Gasteiger partial charge >= 0.3 is 0 Å². The van der Waals surface area contributed by atoms with Crippen LogP contribution in [0.5, 0.6) is 0 Å². The zero-order valence-electron chi connectivity index (χ0n) is 18.4. The van der Waals surface area contributed by atoms with Crippen molar-refractivity contribution in [2.24, 2.45) is 10.9 Å². The Hall–Kier alpha value is -2.08. The van der Waals surface area contributed by atoms with Crippen molar-refractivity contribution in [1.82, 2.24) is 20.4 Å². The molecule has 1 amide bonds. The molecule has 0 aromatic heterocycles. The summed E-state index contributed by atoms with van der Waals surface area (Å²) < 4.78 is 0. The van der Waals surface area contributed by atoms with Crippen LogP contribution in [0.15, 0.2) is 29.3 Å². The molecular weight excluding hydrogens is 374 g/mol. The van der Waals surface area contributed by atoms with E-state index in [1.54, 1.807) is 0 Å². The van der Waals surface area contributed by atoms with Crippen molar-refractivity contribution in [1.29, 1.82) is 0 Å². The van der Waals surface area contributed by atoms with Crippen molar-refractivity contribution in [3.8, 4) is 0 Å². The van der Waals surface area contributed by atoms with Gasteiger partial charge in [-0.3, -0.25) is 9.79 Å². The van der Waals surface area contributed by atoms with E-state index in [-0.39, 0.29) is 5.91 Å². The summed E-state index contributed by atoms with van der Waals surface area (Å²) in [7, 11) is 1.84. The van der Waals surface area contributed by atoms with Gasteiger partial charge in [-0.1, -0.05) is 37.1 Å². The first kappa shape index (κ1) is 21.2. The lowest BCUT2D eigenvalue weighted by atomic mass is 10.1. The predicted molar refractivity (Wildman–Crippen MR) is 121 cm³/mol. The Morgan fingerprint density at radius 1 is 1.13 bits per heavy atom. The Morgan fingerprint density at radius 3 is 2.73 bits per heavy atom. The number of amides is 1. The fraction of sp³-hybridized carbons (Fsp3) is 0.667. The Bertz CT molecular complexity index is 743. The van der Waals surface area contributed by atoms with Gasteiger partial charge in [0.1, 0.15) is 0 Å². The largest absolute Gasteiger partial charge is 0.352 e. The second-order valence-corrected chi connectivity index (χ2v) is 9.20. The number of carbonyl (C=O) groups excluding carboxylic acids is 1. The molecule has 2 saturated heterocycles. The van der Waals surface area contributed by atoms with Crippen LogP contribution in [0.4, 0.5) is 0 Å². The SMILES string of the molecule is CN=C(NCc1cccc(CN2CCCC2=O)c1)NC1CCN(CC2CCCC2)C1. The van der Waals surface area contributed by atoms with Crippen LogP contribution in [0.3, 0.4) is 0 Å². The van der Waals surface area contributed by atoms with E-state index in [1.165, 1.54) is 56.3 Å². The number of aliphatic imine (C=N–C) groups is 1. The standard InChI is InChI=1S/C24H37N5O/c1-25-24(27-22-11-13-28(18-22)16-19-6-2-3-7-19)26-15-20-8-4-9-21(14-20)17-29-12-5-10-23(29)30/h4,8-9,14,19,22H,2-3,5-7,10-13,15-18H2,1H3,(H2,25,26,27). The smallest absolute Gasteiger partial charge is 0.222 e. The van der Waals surface area contributed by atoms with Gasteiger partial charge in [0, 0.05) is 58.8 Å². The highest BCUT2D eigenvalue weighted by atomic mass is 16.2. The summed E-state index contributed by atoms with van der Waals surface area (Å²) in [6.45, 7) is 5.94. The molecule has 0 bridgehead atoms.